The summed E-state index contributed by atoms with van der Waals surface area (Å²) in [5.41, 5.74) is 7.96. The van der Waals surface area contributed by atoms with Crippen LogP contribution in [0.15, 0.2) is 54.6 Å². The Kier molecular flexibility index (Phi) is 6.21. The molecule has 33 heavy (non-hydrogen) atoms. The van der Waals surface area contributed by atoms with Crippen molar-refractivity contribution in [1.82, 2.24) is 25.2 Å². The van der Waals surface area contributed by atoms with Gasteiger partial charge in [0.1, 0.15) is 5.54 Å². The summed E-state index contributed by atoms with van der Waals surface area (Å²) in [6.45, 7) is 3.70. The molecule has 2 aromatic carbocycles. The smallest absolute Gasteiger partial charge is 0.325 e. The molecule has 0 saturated carbocycles. The predicted molar refractivity (Wildman–Crippen MR) is 126 cm³/mol. The molecule has 1 aromatic heterocycles. The van der Waals surface area contributed by atoms with Gasteiger partial charge < -0.3 is 16.4 Å². The van der Waals surface area contributed by atoms with Crippen LogP contribution in [0.5, 0.6) is 0 Å². The number of aromatic nitrogens is 3. The van der Waals surface area contributed by atoms with Crippen LogP contribution in [0.3, 0.4) is 0 Å². The largest absolute Gasteiger partial charge is 0.368 e. The third kappa shape index (κ3) is 4.92. The third-order valence-electron chi connectivity index (χ3n) is 5.74. The van der Waals surface area contributed by atoms with Gasteiger partial charge in [-0.2, -0.15) is 15.0 Å². The van der Waals surface area contributed by atoms with Crippen molar-refractivity contribution >= 4 is 29.5 Å². The highest BCUT2D eigenvalue weighted by Gasteiger charge is 2.47. The van der Waals surface area contributed by atoms with Crippen LogP contribution in [0.2, 0.25) is 0 Å². The van der Waals surface area contributed by atoms with Crippen LogP contribution in [0.4, 0.5) is 22.4 Å². The minimum absolute atomic E-state index is 0.00960. The topological polar surface area (TPSA) is 126 Å². The second kappa shape index (κ2) is 9.23. The molecule has 0 bridgehead atoms. The summed E-state index contributed by atoms with van der Waals surface area (Å²) in [7, 11) is 0. The Balaban J connectivity index is 1.49. The number of carbonyl (C=O) groups is 2. The molecule has 3 amide bonds. The van der Waals surface area contributed by atoms with E-state index in [1.54, 1.807) is 6.92 Å². The molecule has 2 heterocycles. The number of nitrogens with one attached hydrogen (secondary N) is 2. The zero-order chi connectivity index (χ0) is 23.4. The van der Waals surface area contributed by atoms with E-state index in [1.165, 1.54) is 0 Å². The summed E-state index contributed by atoms with van der Waals surface area (Å²) in [4.78, 5) is 39.6. The second-order valence-electron chi connectivity index (χ2n) is 8.21. The number of hydrogen-bond acceptors (Lipinski definition) is 7. The molecule has 1 aliphatic heterocycles. The molecule has 0 spiro atoms. The third-order valence-corrected chi connectivity index (χ3v) is 5.74. The van der Waals surface area contributed by atoms with Crippen molar-refractivity contribution in [3.63, 3.8) is 0 Å². The molecule has 0 aliphatic carbocycles. The number of anilines is 3. The first kappa shape index (κ1) is 22.2. The van der Waals surface area contributed by atoms with Gasteiger partial charge in [0, 0.05) is 5.69 Å². The van der Waals surface area contributed by atoms with Gasteiger partial charge in [-0.05, 0) is 43.4 Å². The molecule has 1 atom stereocenters. The summed E-state index contributed by atoms with van der Waals surface area (Å²) in [5.74, 6) is 0.190. The predicted octanol–water partition coefficient (Wildman–Crippen LogP) is 3.20. The van der Waals surface area contributed by atoms with E-state index in [2.05, 4.69) is 32.5 Å². The molecule has 1 aliphatic rings. The van der Waals surface area contributed by atoms with Crippen LogP contribution >= 0.6 is 0 Å². The van der Waals surface area contributed by atoms with E-state index in [4.69, 9.17) is 5.73 Å². The Labute approximate surface area is 192 Å². The fourth-order valence-electron chi connectivity index (χ4n) is 3.88. The van der Waals surface area contributed by atoms with Crippen LogP contribution in [0.1, 0.15) is 37.2 Å². The number of hydrogen-bond donors (Lipinski definition) is 3. The van der Waals surface area contributed by atoms with E-state index in [0.29, 0.717) is 12.8 Å². The quantitative estimate of drug-likeness (QED) is 0.455. The molecule has 0 unspecified atom stereocenters. The lowest BCUT2D eigenvalue weighted by Crippen LogP contribution is -2.44. The number of aryl methyl sites for hydroxylation is 2. The fourth-order valence-corrected chi connectivity index (χ4v) is 3.88. The van der Waals surface area contributed by atoms with Crippen molar-refractivity contribution in [3.8, 4) is 0 Å². The molecule has 9 heteroatoms. The molecule has 1 saturated heterocycles. The van der Waals surface area contributed by atoms with Crippen molar-refractivity contribution in [1.29, 1.82) is 0 Å². The Morgan fingerprint density at radius 2 is 1.76 bits per heavy atom. The highest BCUT2D eigenvalue weighted by atomic mass is 16.2. The minimum atomic E-state index is -0.993. The van der Waals surface area contributed by atoms with Gasteiger partial charge in [0.2, 0.25) is 11.9 Å². The zero-order valence-electron chi connectivity index (χ0n) is 18.7. The molecular weight excluding hydrogens is 418 g/mol. The minimum Gasteiger partial charge on any atom is -0.368 e. The summed E-state index contributed by atoms with van der Waals surface area (Å²) in [5, 5.41) is 5.98. The number of imide groups is 1. The van der Waals surface area contributed by atoms with Gasteiger partial charge in [0.25, 0.3) is 5.91 Å². The summed E-state index contributed by atoms with van der Waals surface area (Å²) < 4.78 is 0. The number of nitrogens with two attached hydrogens (primary N) is 1. The lowest BCUT2D eigenvalue weighted by atomic mass is 9.93. The number of carbonyl (C=O) groups excluding carboxylic acids is 2. The SMILES string of the molecule is CCc1ccccc1Nc1nc(N)nc(CN2C(=O)N[C@@](C)(CCc3ccccc3)C2=O)n1. The zero-order valence-corrected chi connectivity index (χ0v) is 18.7. The maximum absolute atomic E-state index is 13.1. The fraction of sp³-hybridized carbons (Fsp3) is 0.292. The lowest BCUT2D eigenvalue weighted by molar-refractivity contribution is -0.131. The summed E-state index contributed by atoms with van der Waals surface area (Å²) in [6.07, 6.45) is 1.99. The number of benzene rings is 2. The Morgan fingerprint density at radius 1 is 1.03 bits per heavy atom. The Morgan fingerprint density at radius 3 is 2.52 bits per heavy atom. The van der Waals surface area contributed by atoms with Crippen LogP contribution in [0, 0.1) is 0 Å². The second-order valence-corrected chi connectivity index (χ2v) is 8.21. The first-order valence-corrected chi connectivity index (χ1v) is 10.9. The van der Waals surface area contributed by atoms with Crippen LogP contribution in [-0.4, -0.2) is 37.3 Å². The number of amides is 3. The highest BCUT2D eigenvalue weighted by molar-refractivity contribution is 6.06. The van der Waals surface area contributed by atoms with Crippen molar-refractivity contribution in [3.05, 3.63) is 71.5 Å². The molecule has 4 N–H and O–H groups in total. The molecule has 9 nitrogen and oxygen atoms in total. The van der Waals surface area contributed by atoms with Crippen molar-refractivity contribution in [2.75, 3.05) is 11.1 Å². The average molecular weight is 446 g/mol. The van der Waals surface area contributed by atoms with Gasteiger partial charge in [-0.3, -0.25) is 9.69 Å². The van der Waals surface area contributed by atoms with E-state index in [9.17, 15) is 9.59 Å². The molecular formula is C24H27N7O2. The first-order chi connectivity index (χ1) is 15.9. The van der Waals surface area contributed by atoms with Gasteiger partial charge in [-0.1, -0.05) is 55.5 Å². The maximum atomic E-state index is 13.1. The normalized spacial score (nSPS) is 17.8. The van der Waals surface area contributed by atoms with Crippen LogP contribution in [0.25, 0.3) is 0 Å². The number of nitrogens with zero attached hydrogens (tertiary/aromatic N) is 4. The number of urea groups is 1. The van der Waals surface area contributed by atoms with Gasteiger partial charge in [-0.15, -0.1) is 0 Å². The number of nitrogen functional groups attached to an aromatic ring is 1. The van der Waals surface area contributed by atoms with Crippen LogP contribution in [-0.2, 0) is 24.2 Å². The molecule has 4 rings (SSSR count). The summed E-state index contributed by atoms with van der Waals surface area (Å²) in [6, 6.07) is 17.2. The highest BCUT2D eigenvalue weighted by Crippen LogP contribution is 2.25. The standard InChI is InChI=1S/C24H27N7O2/c1-3-17-11-7-8-12-18(17)26-22-28-19(27-21(25)29-22)15-31-20(32)24(2,30-23(31)33)14-13-16-9-5-4-6-10-16/h4-12H,3,13-15H2,1-2H3,(H,30,33)(H3,25,26,27,28,29)/t24-/m0/s1. The monoisotopic (exact) mass is 445 g/mol. The first-order valence-electron chi connectivity index (χ1n) is 10.9. The molecule has 1 fully saturated rings. The van der Waals surface area contributed by atoms with E-state index in [1.807, 2.05) is 54.6 Å². The Hall–Kier alpha value is -4.01. The molecule has 0 radical (unpaired) electrons. The van der Waals surface area contributed by atoms with E-state index in [0.717, 1.165) is 28.1 Å². The van der Waals surface area contributed by atoms with Crippen molar-refractivity contribution < 1.29 is 9.59 Å². The number of para-hydroxylation sites is 1. The van der Waals surface area contributed by atoms with Crippen LogP contribution < -0.4 is 16.4 Å². The van der Waals surface area contributed by atoms with Gasteiger partial charge in [-0.25, -0.2) is 4.79 Å². The number of rotatable bonds is 8. The van der Waals surface area contributed by atoms with E-state index in [-0.39, 0.29) is 30.2 Å². The summed E-state index contributed by atoms with van der Waals surface area (Å²) >= 11 is 0. The lowest BCUT2D eigenvalue weighted by Gasteiger charge is -2.21. The van der Waals surface area contributed by atoms with Gasteiger partial charge >= 0.3 is 6.03 Å². The van der Waals surface area contributed by atoms with Gasteiger partial charge in [0.05, 0.1) is 6.54 Å². The molecule has 3 aromatic rings. The Bertz CT molecular complexity index is 1170. The van der Waals surface area contributed by atoms with E-state index < -0.39 is 11.6 Å². The van der Waals surface area contributed by atoms with E-state index >= 15 is 0 Å². The van der Waals surface area contributed by atoms with Crippen molar-refractivity contribution in [2.45, 2.75) is 45.2 Å². The molecule has 170 valence electrons. The van der Waals surface area contributed by atoms with Crippen molar-refractivity contribution in [2.24, 2.45) is 0 Å². The maximum Gasteiger partial charge on any atom is 0.325 e. The van der Waals surface area contributed by atoms with Gasteiger partial charge in [0.15, 0.2) is 5.82 Å². The average Bonchev–Trinajstić information content (AvgIpc) is 3.02.